The molecular formula is C25H19I3O3S2. The Morgan fingerprint density at radius 3 is 1.15 bits per heavy atom. The van der Waals surface area contributed by atoms with Gasteiger partial charge >= 0.3 is 10.1 Å². The maximum absolute atomic E-state index is 13.7. The van der Waals surface area contributed by atoms with Gasteiger partial charge in [0.05, 0.1) is 4.90 Å². The number of halogens is 3. The van der Waals surface area contributed by atoms with Crippen molar-refractivity contribution in [2.45, 2.75) is 26.5 Å². The first kappa shape index (κ1) is 25.4. The van der Waals surface area contributed by atoms with E-state index in [0.717, 1.165) is 31.0 Å². The van der Waals surface area contributed by atoms with Gasteiger partial charge in [0.25, 0.3) is 0 Å². The molecule has 0 aromatic heterocycles. The molecule has 4 rings (SSSR count). The monoisotopic (exact) mass is 812 g/mol. The average molecular weight is 812 g/mol. The molecule has 170 valence electrons. The lowest BCUT2D eigenvalue weighted by molar-refractivity contribution is 0.508. The van der Waals surface area contributed by atoms with Crippen LogP contribution in [0.1, 0.15) is 5.56 Å². The molecule has 0 fully saturated rings. The van der Waals surface area contributed by atoms with Crippen LogP contribution in [0.15, 0.2) is 117 Å². The van der Waals surface area contributed by atoms with E-state index in [2.05, 4.69) is 67.8 Å². The molecule has 3 nitrogen and oxygen atoms in total. The van der Waals surface area contributed by atoms with Crippen LogP contribution in [0.3, 0.4) is 0 Å². The van der Waals surface area contributed by atoms with Crippen molar-refractivity contribution in [1.29, 1.82) is 0 Å². The van der Waals surface area contributed by atoms with Gasteiger partial charge in [-0.25, -0.2) is 3.63 Å². The maximum Gasteiger partial charge on any atom is 0.307 e. The van der Waals surface area contributed by atoms with Crippen molar-refractivity contribution in [3.8, 4) is 0 Å². The molecule has 0 aliphatic carbocycles. The van der Waals surface area contributed by atoms with Gasteiger partial charge in [0.15, 0.2) is 0 Å². The van der Waals surface area contributed by atoms with Gasteiger partial charge in [0.1, 0.15) is 0 Å². The quantitative estimate of drug-likeness (QED) is 0.184. The fourth-order valence-corrected chi connectivity index (χ4v) is 9.54. The van der Waals surface area contributed by atoms with E-state index in [0.29, 0.717) is 0 Å². The smallest absolute Gasteiger partial charge is 0.203 e. The van der Waals surface area contributed by atoms with Crippen molar-refractivity contribution in [3.05, 3.63) is 113 Å². The third kappa shape index (κ3) is 5.61. The normalized spacial score (nSPS) is 12.5. The number of aryl methyl sites for hydroxylation is 1. The standard InChI is InChI=1S/C25H19I3O3S2/c1-18-2-10-25(11-3-18)33(29,30)31-32(22-12-4-19(26)5-13-22,23-14-6-20(27)7-15-23)24-16-8-21(28)9-17-24/h2-17H,1H3. The maximum atomic E-state index is 13.7. The summed E-state index contributed by atoms with van der Waals surface area (Å²) in [6, 6.07) is 30.5. The van der Waals surface area contributed by atoms with Crippen molar-refractivity contribution in [2.24, 2.45) is 0 Å². The molecule has 0 radical (unpaired) electrons. The van der Waals surface area contributed by atoms with Crippen molar-refractivity contribution in [2.75, 3.05) is 0 Å². The highest BCUT2D eigenvalue weighted by molar-refractivity contribution is 14.1. The van der Waals surface area contributed by atoms with Crippen LogP contribution in [0, 0.1) is 17.6 Å². The van der Waals surface area contributed by atoms with E-state index in [-0.39, 0.29) is 4.90 Å². The Morgan fingerprint density at radius 1 is 0.515 bits per heavy atom. The fraction of sp³-hybridized carbons (Fsp3) is 0.0400. The highest BCUT2D eigenvalue weighted by Gasteiger charge is 2.38. The molecule has 0 unspecified atom stereocenters. The van der Waals surface area contributed by atoms with Crippen LogP contribution in [0.25, 0.3) is 0 Å². The van der Waals surface area contributed by atoms with Gasteiger partial charge in [-0.15, -0.1) is 0 Å². The zero-order chi connectivity index (χ0) is 23.6. The first-order chi connectivity index (χ1) is 15.7. The SMILES string of the molecule is Cc1ccc(S(=O)(=O)OS(c2ccc(I)cc2)(c2ccc(I)cc2)c2ccc(I)cc2)cc1. The number of benzene rings is 4. The Kier molecular flexibility index (Phi) is 8.11. The van der Waals surface area contributed by atoms with Gasteiger partial charge < -0.3 is 0 Å². The molecular weight excluding hydrogens is 793 g/mol. The Balaban J connectivity index is 2.02. The average Bonchev–Trinajstić information content (AvgIpc) is 2.79. The molecule has 0 N–H and O–H groups in total. The van der Waals surface area contributed by atoms with E-state index in [1.54, 1.807) is 24.3 Å². The van der Waals surface area contributed by atoms with Gasteiger partial charge in [0.2, 0.25) is 0 Å². The van der Waals surface area contributed by atoms with Crippen molar-refractivity contribution in [3.63, 3.8) is 0 Å². The van der Waals surface area contributed by atoms with Crippen LogP contribution in [0.5, 0.6) is 0 Å². The molecule has 4 aromatic rings. The van der Waals surface area contributed by atoms with Gasteiger partial charge in [-0.2, -0.15) is 8.42 Å². The summed E-state index contributed by atoms with van der Waals surface area (Å²) in [5, 5.41) is 0. The van der Waals surface area contributed by atoms with Crippen LogP contribution in [-0.4, -0.2) is 8.42 Å². The molecule has 0 spiro atoms. The van der Waals surface area contributed by atoms with Gasteiger partial charge in [-0.3, -0.25) is 0 Å². The van der Waals surface area contributed by atoms with E-state index in [4.69, 9.17) is 3.63 Å². The molecule has 0 bridgehead atoms. The molecule has 0 atom stereocenters. The minimum absolute atomic E-state index is 0.145. The molecule has 0 aliphatic rings. The largest absolute Gasteiger partial charge is 0.307 e. The van der Waals surface area contributed by atoms with Crippen LogP contribution >= 0.6 is 78.1 Å². The summed E-state index contributed by atoms with van der Waals surface area (Å²) in [6.07, 6.45) is 0. The topological polar surface area (TPSA) is 43.4 Å². The summed E-state index contributed by atoms with van der Waals surface area (Å²) >= 11 is 6.75. The molecule has 8 heteroatoms. The van der Waals surface area contributed by atoms with Crippen molar-refractivity contribution in [1.82, 2.24) is 0 Å². The molecule has 0 heterocycles. The predicted molar refractivity (Wildman–Crippen MR) is 159 cm³/mol. The highest BCUT2D eigenvalue weighted by Crippen LogP contribution is 2.70. The molecule has 0 saturated carbocycles. The van der Waals surface area contributed by atoms with E-state index in [1.165, 1.54) is 0 Å². The van der Waals surface area contributed by atoms with Gasteiger partial charge in [-0.1, -0.05) is 17.7 Å². The first-order valence-electron chi connectivity index (χ1n) is 9.84. The van der Waals surface area contributed by atoms with Crippen LogP contribution in [0.2, 0.25) is 0 Å². The minimum atomic E-state index is -4.08. The number of rotatable bonds is 6. The molecule has 33 heavy (non-hydrogen) atoms. The summed E-state index contributed by atoms with van der Waals surface area (Å²) < 4.78 is 36.9. The van der Waals surface area contributed by atoms with Crippen LogP contribution in [0.4, 0.5) is 0 Å². The second-order valence-electron chi connectivity index (χ2n) is 7.25. The summed E-state index contributed by atoms with van der Waals surface area (Å²) in [7, 11) is -6.67. The summed E-state index contributed by atoms with van der Waals surface area (Å²) in [4.78, 5) is 2.61. The van der Waals surface area contributed by atoms with E-state index >= 15 is 0 Å². The second kappa shape index (κ2) is 10.5. The Bertz CT molecular complexity index is 1240. The third-order valence-electron chi connectivity index (χ3n) is 4.94. The summed E-state index contributed by atoms with van der Waals surface area (Å²) in [5.74, 6) is 0. The lowest BCUT2D eigenvalue weighted by atomic mass is 10.2. The van der Waals surface area contributed by atoms with E-state index in [9.17, 15) is 8.42 Å². The second-order valence-corrected chi connectivity index (χ2v) is 15.4. The zero-order valence-corrected chi connectivity index (χ0v) is 25.5. The minimum Gasteiger partial charge on any atom is -0.203 e. The van der Waals surface area contributed by atoms with Crippen molar-refractivity contribution < 1.29 is 12.0 Å². The first-order valence-corrected chi connectivity index (χ1v) is 16.0. The van der Waals surface area contributed by atoms with E-state index in [1.807, 2.05) is 79.7 Å². The van der Waals surface area contributed by atoms with E-state index < -0.39 is 20.4 Å². The number of hydrogen-bond donors (Lipinski definition) is 0. The van der Waals surface area contributed by atoms with Crippen LogP contribution in [-0.2, 0) is 13.7 Å². The summed E-state index contributed by atoms with van der Waals surface area (Å²) in [5.41, 5.74) is 0.987. The Morgan fingerprint density at radius 2 is 0.818 bits per heavy atom. The Labute approximate surface area is 237 Å². The Hall–Kier alpha value is -0.670. The van der Waals surface area contributed by atoms with Crippen molar-refractivity contribution >= 4 is 88.2 Å². The molecule has 0 aliphatic heterocycles. The summed E-state index contributed by atoms with van der Waals surface area (Å²) in [6.45, 7) is 1.93. The lowest BCUT2D eigenvalue weighted by Gasteiger charge is -2.39. The highest BCUT2D eigenvalue weighted by atomic mass is 127. The van der Waals surface area contributed by atoms with Gasteiger partial charge in [0, 0.05) is 25.4 Å². The third-order valence-corrected chi connectivity index (χ3v) is 12.3. The zero-order valence-electron chi connectivity index (χ0n) is 17.4. The van der Waals surface area contributed by atoms with Crippen LogP contribution < -0.4 is 0 Å². The molecule has 0 saturated heterocycles. The predicted octanol–water partition coefficient (Wildman–Crippen LogP) is 8.41. The molecule has 0 amide bonds. The molecule has 4 aromatic carbocycles. The number of hydrogen-bond acceptors (Lipinski definition) is 3. The van der Waals surface area contributed by atoms with Gasteiger partial charge in [-0.05, 0) is 170 Å². The fourth-order valence-electron chi connectivity index (χ4n) is 3.28. The lowest BCUT2D eigenvalue weighted by Crippen LogP contribution is -2.14.